The zero-order valence-electron chi connectivity index (χ0n) is 10.7. The van der Waals surface area contributed by atoms with Crippen molar-refractivity contribution in [3.8, 4) is 0 Å². The van der Waals surface area contributed by atoms with Gasteiger partial charge in [0.25, 0.3) is 0 Å². The smallest absolute Gasteiger partial charge is 0.151 e. The fourth-order valence-corrected chi connectivity index (χ4v) is 2.69. The summed E-state index contributed by atoms with van der Waals surface area (Å²) < 4.78 is 24.6. The van der Waals surface area contributed by atoms with Gasteiger partial charge in [0.05, 0.1) is 18.5 Å². The molecule has 1 aromatic heterocycles. The Morgan fingerprint density at radius 3 is 2.76 bits per heavy atom. The van der Waals surface area contributed by atoms with Crippen LogP contribution in [-0.4, -0.2) is 42.3 Å². The van der Waals surface area contributed by atoms with Crippen molar-refractivity contribution in [1.29, 1.82) is 0 Å². The summed E-state index contributed by atoms with van der Waals surface area (Å²) in [6.45, 7) is 7.04. The Balaban J connectivity index is 2.27. The lowest BCUT2D eigenvalue weighted by molar-refractivity contribution is 0.510. The molecule has 0 bridgehead atoms. The largest absolute Gasteiger partial charge is 0.311 e. The minimum Gasteiger partial charge on any atom is -0.311 e. The lowest BCUT2D eigenvalue weighted by atomic mass is 10.4. The average molecular weight is 259 g/mol. The van der Waals surface area contributed by atoms with Gasteiger partial charge in [-0.25, -0.2) is 8.42 Å². The SMILES string of the molecule is CCS(=O)(=O)CC(C)NCCn1cc(C)cn1. The summed E-state index contributed by atoms with van der Waals surface area (Å²) in [5, 5.41) is 7.35. The van der Waals surface area contributed by atoms with Gasteiger partial charge in [-0.1, -0.05) is 6.92 Å². The number of nitrogens with zero attached hydrogens (tertiary/aromatic N) is 2. The van der Waals surface area contributed by atoms with E-state index in [1.165, 1.54) is 0 Å². The minimum atomic E-state index is -2.89. The molecule has 1 atom stereocenters. The molecule has 1 aromatic rings. The molecule has 17 heavy (non-hydrogen) atoms. The highest BCUT2D eigenvalue weighted by Gasteiger charge is 2.12. The standard InChI is InChI=1S/C11H21N3O2S/c1-4-17(15,16)9-11(3)12-5-6-14-8-10(2)7-13-14/h7-8,11-12H,4-6,9H2,1-3H3. The quantitative estimate of drug-likeness (QED) is 0.779. The normalized spacial score (nSPS) is 13.8. The van der Waals surface area contributed by atoms with Gasteiger partial charge in [-0.15, -0.1) is 0 Å². The Labute approximate surface area is 103 Å². The van der Waals surface area contributed by atoms with Gasteiger partial charge in [-0.05, 0) is 19.4 Å². The Bertz CT molecular complexity index is 439. The summed E-state index contributed by atoms with van der Waals surface area (Å²) in [5.74, 6) is 0.402. The highest BCUT2D eigenvalue weighted by molar-refractivity contribution is 7.91. The molecule has 0 aliphatic carbocycles. The third-order valence-corrected chi connectivity index (χ3v) is 4.43. The first kappa shape index (κ1) is 14.2. The predicted octanol–water partition coefficient (Wildman–Crippen LogP) is 0.604. The second kappa shape index (κ2) is 6.16. The fraction of sp³-hybridized carbons (Fsp3) is 0.727. The van der Waals surface area contributed by atoms with Gasteiger partial charge < -0.3 is 5.32 Å². The number of hydrogen-bond acceptors (Lipinski definition) is 4. The van der Waals surface area contributed by atoms with Crippen LogP contribution in [0.5, 0.6) is 0 Å². The molecule has 0 aliphatic heterocycles. The molecule has 1 rings (SSSR count). The van der Waals surface area contributed by atoms with E-state index in [1.807, 2.05) is 30.9 Å². The van der Waals surface area contributed by atoms with Crippen LogP contribution in [0, 0.1) is 6.92 Å². The van der Waals surface area contributed by atoms with Crippen molar-refractivity contribution in [2.24, 2.45) is 0 Å². The van der Waals surface area contributed by atoms with Crippen molar-refractivity contribution in [3.63, 3.8) is 0 Å². The van der Waals surface area contributed by atoms with Gasteiger partial charge in [0.2, 0.25) is 0 Å². The summed E-state index contributed by atoms with van der Waals surface area (Å²) in [7, 11) is -2.89. The molecule has 0 spiro atoms. The number of nitrogens with one attached hydrogen (secondary N) is 1. The first-order valence-corrected chi connectivity index (χ1v) is 7.68. The molecule has 6 heteroatoms. The Kier molecular flexibility index (Phi) is 5.14. The van der Waals surface area contributed by atoms with E-state index in [1.54, 1.807) is 6.92 Å². The summed E-state index contributed by atoms with van der Waals surface area (Å²) in [6.07, 6.45) is 3.78. The second-order valence-corrected chi connectivity index (χ2v) is 6.73. The summed E-state index contributed by atoms with van der Waals surface area (Å²) in [4.78, 5) is 0. The van der Waals surface area contributed by atoms with Crippen molar-refractivity contribution in [2.45, 2.75) is 33.4 Å². The van der Waals surface area contributed by atoms with Crippen LogP contribution in [0.25, 0.3) is 0 Å². The molecule has 5 nitrogen and oxygen atoms in total. The van der Waals surface area contributed by atoms with Crippen LogP contribution in [0.4, 0.5) is 0 Å². The molecule has 1 heterocycles. The van der Waals surface area contributed by atoms with E-state index in [4.69, 9.17) is 0 Å². The zero-order chi connectivity index (χ0) is 12.9. The van der Waals surface area contributed by atoms with E-state index >= 15 is 0 Å². The summed E-state index contributed by atoms with van der Waals surface area (Å²) in [5.41, 5.74) is 1.13. The Morgan fingerprint density at radius 2 is 2.24 bits per heavy atom. The van der Waals surface area contributed by atoms with Gasteiger partial charge in [-0.3, -0.25) is 4.68 Å². The van der Waals surface area contributed by atoms with Crippen molar-refractivity contribution < 1.29 is 8.42 Å². The zero-order valence-corrected chi connectivity index (χ0v) is 11.5. The van der Waals surface area contributed by atoms with E-state index in [-0.39, 0.29) is 17.5 Å². The fourth-order valence-electron chi connectivity index (χ4n) is 1.57. The number of hydrogen-bond donors (Lipinski definition) is 1. The molecule has 0 saturated heterocycles. The number of rotatable bonds is 7. The lowest BCUT2D eigenvalue weighted by Gasteiger charge is -2.13. The van der Waals surface area contributed by atoms with E-state index in [9.17, 15) is 8.42 Å². The number of aryl methyl sites for hydroxylation is 1. The second-order valence-electron chi connectivity index (χ2n) is 4.33. The molecule has 0 amide bonds. The van der Waals surface area contributed by atoms with Crippen molar-refractivity contribution in [1.82, 2.24) is 15.1 Å². The van der Waals surface area contributed by atoms with Crippen molar-refractivity contribution in [3.05, 3.63) is 18.0 Å². The van der Waals surface area contributed by atoms with Gasteiger partial charge in [0.1, 0.15) is 0 Å². The monoisotopic (exact) mass is 259 g/mol. The number of sulfone groups is 1. The lowest BCUT2D eigenvalue weighted by Crippen LogP contribution is -2.35. The minimum absolute atomic E-state index is 0.0170. The Hall–Kier alpha value is -0.880. The van der Waals surface area contributed by atoms with Crippen molar-refractivity contribution in [2.75, 3.05) is 18.1 Å². The summed E-state index contributed by atoms with van der Waals surface area (Å²) in [6, 6.07) is -0.0170. The first-order chi connectivity index (χ1) is 7.93. The molecular weight excluding hydrogens is 238 g/mol. The molecule has 0 aliphatic rings. The molecule has 1 N–H and O–H groups in total. The molecule has 0 radical (unpaired) electrons. The van der Waals surface area contributed by atoms with Gasteiger partial charge in [-0.2, -0.15) is 5.10 Å². The van der Waals surface area contributed by atoms with Crippen LogP contribution in [0.3, 0.4) is 0 Å². The molecule has 0 aromatic carbocycles. The molecule has 0 fully saturated rings. The van der Waals surface area contributed by atoms with Gasteiger partial charge in [0.15, 0.2) is 9.84 Å². The predicted molar refractivity (Wildman–Crippen MR) is 68.8 cm³/mol. The topological polar surface area (TPSA) is 64.0 Å². The summed E-state index contributed by atoms with van der Waals surface area (Å²) >= 11 is 0. The van der Waals surface area contributed by atoms with Gasteiger partial charge in [0, 0.05) is 24.5 Å². The first-order valence-electron chi connectivity index (χ1n) is 5.86. The highest BCUT2D eigenvalue weighted by Crippen LogP contribution is 1.95. The maximum atomic E-state index is 11.4. The molecule has 0 saturated carbocycles. The van der Waals surface area contributed by atoms with E-state index < -0.39 is 9.84 Å². The van der Waals surface area contributed by atoms with Gasteiger partial charge >= 0.3 is 0 Å². The molecule has 1 unspecified atom stereocenters. The van der Waals surface area contributed by atoms with E-state index in [2.05, 4.69) is 10.4 Å². The van der Waals surface area contributed by atoms with Crippen LogP contribution in [0.1, 0.15) is 19.4 Å². The van der Waals surface area contributed by atoms with Crippen LogP contribution in [0.15, 0.2) is 12.4 Å². The maximum absolute atomic E-state index is 11.4. The van der Waals surface area contributed by atoms with Crippen LogP contribution in [0.2, 0.25) is 0 Å². The highest BCUT2D eigenvalue weighted by atomic mass is 32.2. The molecular formula is C11H21N3O2S. The van der Waals surface area contributed by atoms with Crippen LogP contribution >= 0.6 is 0 Å². The van der Waals surface area contributed by atoms with Crippen molar-refractivity contribution >= 4 is 9.84 Å². The van der Waals surface area contributed by atoms with E-state index in [0.29, 0.717) is 0 Å². The maximum Gasteiger partial charge on any atom is 0.151 e. The van der Waals surface area contributed by atoms with E-state index in [0.717, 1.165) is 18.7 Å². The number of aromatic nitrogens is 2. The van der Waals surface area contributed by atoms with Crippen LogP contribution in [-0.2, 0) is 16.4 Å². The van der Waals surface area contributed by atoms with Crippen LogP contribution < -0.4 is 5.32 Å². The third-order valence-electron chi connectivity index (χ3n) is 2.54. The Morgan fingerprint density at radius 1 is 1.53 bits per heavy atom. The third kappa shape index (κ3) is 5.32. The average Bonchev–Trinajstić information content (AvgIpc) is 2.63. The molecule has 98 valence electrons.